The fourth-order valence-corrected chi connectivity index (χ4v) is 8.41. The second-order valence-electron chi connectivity index (χ2n) is 10.8. The van der Waals surface area contributed by atoms with Gasteiger partial charge in [-0.25, -0.2) is 4.99 Å². The number of terminal acetylenes is 1. The fraction of sp³-hybridized carbons (Fsp3) is 0.800. The number of hydrogen-bond acceptors (Lipinski definition) is 1. The van der Waals surface area contributed by atoms with Crippen molar-refractivity contribution in [1.82, 2.24) is 0 Å². The van der Waals surface area contributed by atoms with Gasteiger partial charge in [-0.05, 0) is 98.7 Å². The minimum atomic E-state index is 0.375. The second kappa shape index (κ2) is 5.98. The average Bonchev–Trinajstić information content (AvgIpc) is 2.87. The largest absolute Gasteiger partial charge is 0.207 e. The zero-order valence-electron chi connectivity index (χ0n) is 17.4. The molecule has 0 bridgehead atoms. The molecule has 1 heteroatoms. The maximum Gasteiger partial charge on any atom is 0.0301 e. The van der Waals surface area contributed by atoms with Crippen LogP contribution < -0.4 is 0 Å². The molecule has 0 spiro atoms. The summed E-state index contributed by atoms with van der Waals surface area (Å²) in [6.07, 6.45) is 17.7. The molecule has 142 valence electrons. The third-order valence-corrected chi connectivity index (χ3v) is 10.2. The van der Waals surface area contributed by atoms with Crippen molar-refractivity contribution in [3.05, 3.63) is 12.2 Å². The minimum Gasteiger partial charge on any atom is -0.207 e. The second-order valence-corrected chi connectivity index (χ2v) is 10.8. The minimum absolute atomic E-state index is 0.375. The molecule has 0 aromatic heterocycles. The lowest BCUT2D eigenvalue weighted by Crippen LogP contribution is -2.57. The molecule has 0 radical (unpaired) electrons. The van der Waals surface area contributed by atoms with Crippen molar-refractivity contribution in [1.29, 1.82) is 0 Å². The summed E-state index contributed by atoms with van der Waals surface area (Å²) in [4.78, 5) is 4.40. The molecule has 1 nitrogen and oxygen atoms in total. The van der Waals surface area contributed by atoms with Crippen LogP contribution in [0.4, 0.5) is 0 Å². The third-order valence-electron chi connectivity index (χ3n) is 10.2. The number of allylic oxidation sites excluding steroid dienone is 1. The molecular weight excluding hydrogens is 314 g/mol. The summed E-state index contributed by atoms with van der Waals surface area (Å²) in [5, 5.41) is 0. The number of nitrogens with zero attached hydrogens (tertiary/aromatic N) is 1. The van der Waals surface area contributed by atoms with Gasteiger partial charge in [-0.15, -0.1) is 0 Å². The maximum absolute atomic E-state index is 5.50. The quantitative estimate of drug-likeness (QED) is 0.285. The smallest absolute Gasteiger partial charge is 0.0301 e. The van der Waals surface area contributed by atoms with E-state index in [1.54, 1.807) is 0 Å². The molecule has 7 atom stereocenters. The third kappa shape index (κ3) is 2.26. The zero-order valence-corrected chi connectivity index (χ0v) is 17.4. The van der Waals surface area contributed by atoms with Crippen LogP contribution in [0, 0.1) is 52.4 Å². The van der Waals surface area contributed by atoms with Gasteiger partial charge in [-0.2, -0.15) is 0 Å². The van der Waals surface area contributed by atoms with Gasteiger partial charge in [0.25, 0.3) is 0 Å². The van der Waals surface area contributed by atoms with E-state index in [-0.39, 0.29) is 0 Å². The first-order chi connectivity index (χ1) is 12.3. The van der Waals surface area contributed by atoms with Gasteiger partial charge in [0.1, 0.15) is 0 Å². The summed E-state index contributed by atoms with van der Waals surface area (Å²) >= 11 is 0. The summed E-state index contributed by atoms with van der Waals surface area (Å²) in [5.41, 5.74) is 4.11. The van der Waals surface area contributed by atoms with E-state index < -0.39 is 0 Å². The highest BCUT2D eigenvalue weighted by atomic mass is 14.8. The van der Waals surface area contributed by atoms with Gasteiger partial charge in [-0.1, -0.05) is 39.3 Å². The number of hydrogen-bond donors (Lipinski definition) is 0. The van der Waals surface area contributed by atoms with Gasteiger partial charge in [0.05, 0.1) is 0 Å². The Labute approximate surface area is 161 Å². The van der Waals surface area contributed by atoms with Crippen LogP contribution in [0.2, 0.25) is 0 Å². The van der Waals surface area contributed by atoms with Crippen LogP contribution in [-0.2, 0) is 0 Å². The summed E-state index contributed by atoms with van der Waals surface area (Å²) < 4.78 is 0. The standard InChI is InChI=1S/C25H37N/c1-7-26-18(3)20-11-14-25(6)22-9-8-19-16-17(2)10-13-23(19,4)21(22)12-15-24(20,25)5/h1,19-22H,2,8-16H2,3-6H3. The first kappa shape index (κ1) is 18.3. The summed E-state index contributed by atoms with van der Waals surface area (Å²) in [6, 6.07) is 2.55. The summed E-state index contributed by atoms with van der Waals surface area (Å²) in [7, 11) is 0. The molecule has 0 saturated heterocycles. The van der Waals surface area contributed by atoms with Crippen molar-refractivity contribution in [3.8, 4) is 12.5 Å². The van der Waals surface area contributed by atoms with E-state index in [0.717, 1.165) is 17.8 Å². The van der Waals surface area contributed by atoms with Crippen molar-refractivity contribution < 1.29 is 0 Å². The predicted octanol–water partition coefficient (Wildman–Crippen LogP) is 6.64. The van der Waals surface area contributed by atoms with Gasteiger partial charge in [0.2, 0.25) is 0 Å². The predicted molar refractivity (Wildman–Crippen MR) is 111 cm³/mol. The normalized spacial score (nSPS) is 51.2. The molecule has 4 fully saturated rings. The van der Waals surface area contributed by atoms with Gasteiger partial charge < -0.3 is 0 Å². The molecular formula is C25H37N. The van der Waals surface area contributed by atoms with Crippen molar-refractivity contribution >= 4 is 5.71 Å². The fourth-order valence-electron chi connectivity index (χ4n) is 8.41. The SMILES string of the molecule is C#CN=C(C)C1CCC2(C)C3CCC4CC(=C)CCC4(C)C3CCC12C. The highest BCUT2D eigenvalue weighted by Crippen LogP contribution is 2.72. The lowest BCUT2D eigenvalue weighted by atomic mass is 9.40. The molecule has 0 amide bonds. The van der Waals surface area contributed by atoms with Gasteiger partial charge in [-0.3, -0.25) is 0 Å². The highest BCUT2D eigenvalue weighted by Gasteiger charge is 2.65. The summed E-state index contributed by atoms with van der Waals surface area (Å²) in [5.74, 6) is 3.27. The molecule has 0 N–H and O–H groups in total. The van der Waals surface area contributed by atoms with E-state index in [1.165, 1.54) is 69.1 Å². The molecule has 0 aliphatic heterocycles. The molecule has 4 aliphatic carbocycles. The lowest BCUT2D eigenvalue weighted by Gasteiger charge is -2.64. The Morgan fingerprint density at radius 3 is 2.50 bits per heavy atom. The molecule has 0 heterocycles. The Morgan fingerprint density at radius 2 is 1.77 bits per heavy atom. The van der Waals surface area contributed by atoms with Crippen molar-refractivity contribution in [3.63, 3.8) is 0 Å². The van der Waals surface area contributed by atoms with E-state index in [4.69, 9.17) is 6.42 Å². The first-order valence-corrected chi connectivity index (χ1v) is 10.9. The molecule has 7 unspecified atom stereocenters. The molecule has 0 aromatic carbocycles. The lowest BCUT2D eigenvalue weighted by molar-refractivity contribution is -0.144. The topological polar surface area (TPSA) is 12.4 Å². The molecule has 26 heavy (non-hydrogen) atoms. The van der Waals surface area contributed by atoms with Crippen LogP contribution in [0.15, 0.2) is 17.1 Å². The highest BCUT2D eigenvalue weighted by molar-refractivity contribution is 5.86. The van der Waals surface area contributed by atoms with Crippen molar-refractivity contribution in [2.24, 2.45) is 44.9 Å². The van der Waals surface area contributed by atoms with Crippen LogP contribution >= 0.6 is 0 Å². The number of aliphatic imine (C=N–C) groups is 1. The van der Waals surface area contributed by atoms with Gasteiger partial charge in [0.15, 0.2) is 0 Å². The van der Waals surface area contributed by atoms with Crippen LogP contribution in [0.25, 0.3) is 0 Å². The Balaban J connectivity index is 1.68. The summed E-state index contributed by atoms with van der Waals surface area (Å²) in [6.45, 7) is 14.4. The van der Waals surface area contributed by atoms with Gasteiger partial charge >= 0.3 is 0 Å². The molecule has 4 aliphatic rings. The number of fused-ring (bicyclic) bond motifs is 5. The van der Waals surface area contributed by atoms with Crippen LogP contribution in [0.1, 0.15) is 85.5 Å². The van der Waals surface area contributed by atoms with E-state index in [9.17, 15) is 0 Å². The Hall–Kier alpha value is -1.03. The maximum atomic E-state index is 5.50. The van der Waals surface area contributed by atoms with Crippen molar-refractivity contribution in [2.75, 3.05) is 0 Å². The van der Waals surface area contributed by atoms with E-state index in [0.29, 0.717) is 22.2 Å². The van der Waals surface area contributed by atoms with E-state index >= 15 is 0 Å². The van der Waals surface area contributed by atoms with Crippen LogP contribution in [0.5, 0.6) is 0 Å². The Morgan fingerprint density at radius 1 is 1.04 bits per heavy atom. The molecule has 4 rings (SSSR count). The van der Waals surface area contributed by atoms with Crippen molar-refractivity contribution in [2.45, 2.75) is 85.5 Å². The number of rotatable bonds is 1. The van der Waals surface area contributed by atoms with Crippen LogP contribution in [0.3, 0.4) is 0 Å². The van der Waals surface area contributed by atoms with Crippen LogP contribution in [-0.4, -0.2) is 5.71 Å². The van der Waals surface area contributed by atoms with E-state index in [2.05, 4.69) is 45.3 Å². The monoisotopic (exact) mass is 351 g/mol. The molecule has 0 aromatic rings. The average molecular weight is 352 g/mol. The molecule has 4 saturated carbocycles. The Bertz CT molecular complexity index is 681. The first-order valence-electron chi connectivity index (χ1n) is 10.9. The Kier molecular flexibility index (Phi) is 4.22. The zero-order chi connectivity index (χ0) is 18.7. The van der Waals surface area contributed by atoms with Gasteiger partial charge in [0, 0.05) is 17.7 Å². The van der Waals surface area contributed by atoms with E-state index in [1.807, 2.05) is 0 Å².